The monoisotopic (exact) mass is 647 g/mol. The van der Waals surface area contributed by atoms with Gasteiger partial charge in [0.05, 0.1) is 44.3 Å². The number of nitrogens with zero attached hydrogens (tertiary/aromatic N) is 6. The van der Waals surface area contributed by atoms with E-state index in [0.717, 1.165) is 6.07 Å². The van der Waals surface area contributed by atoms with Crippen molar-refractivity contribution in [2.75, 3.05) is 5.73 Å². The number of hydrogen-bond donors (Lipinski definition) is 4. The second kappa shape index (κ2) is 14.2. The molecule has 16 nitrogen and oxygen atoms in total. The Hall–Kier alpha value is -1.36. The summed E-state index contributed by atoms with van der Waals surface area (Å²) >= 11 is 12.5. The number of aromatic hydroxyl groups is 1. The minimum absolute atomic E-state index is 0. The third-order valence-corrected chi connectivity index (χ3v) is 7.30. The molecule has 2 heterocycles. The van der Waals surface area contributed by atoms with Crippen LogP contribution < -0.4 is 70.1 Å². The zero-order valence-corrected chi connectivity index (χ0v) is 28.0. The Morgan fingerprint density at radius 3 is 1.98 bits per heavy atom. The molecule has 0 saturated carbocycles. The van der Waals surface area contributed by atoms with Crippen molar-refractivity contribution in [1.82, 2.24) is 20.4 Å². The number of H-pyrrole nitrogens is 2. The first-order valence-corrected chi connectivity index (χ1v) is 12.8. The van der Waals surface area contributed by atoms with Crippen LogP contribution in [0.3, 0.4) is 0 Å². The number of anilines is 1. The van der Waals surface area contributed by atoms with Crippen molar-refractivity contribution in [2.45, 2.75) is 23.6 Å². The maximum absolute atomic E-state index is 12.1. The van der Waals surface area contributed by atoms with Crippen LogP contribution in [0.15, 0.2) is 42.4 Å². The number of rotatable bonds is 8. The minimum Gasteiger partial charge on any atom is -0.744 e. The van der Waals surface area contributed by atoms with E-state index in [-0.39, 0.29) is 102 Å². The average molecular weight is 648 g/mol. The predicted molar refractivity (Wildman–Crippen MR) is 131 cm³/mol. The number of benzene rings is 2. The summed E-state index contributed by atoms with van der Waals surface area (Å²) in [5.74, 6) is -0.782. The Morgan fingerprint density at radius 2 is 1.52 bits per heavy atom. The molecule has 0 amide bonds. The van der Waals surface area contributed by atoms with Crippen LogP contribution in [-0.4, -0.2) is 38.5 Å². The van der Waals surface area contributed by atoms with Gasteiger partial charge in [0.25, 0.3) is 0 Å². The fourth-order valence-electron chi connectivity index (χ4n) is 3.15. The summed E-state index contributed by atoms with van der Waals surface area (Å²) in [5, 5.41) is 53.1. The molecule has 0 bridgehead atoms. The van der Waals surface area contributed by atoms with Gasteiger partial charge < -0.3 is 20.7 Å². The van der Waals surface area contributed by atoms with E-state index in [9.17, 15) is 23.3 Å². The fourth-order valence-corrected chi connectivity index (χ4v) is 4.54. The molecule has 0 spiro atoms. The molecule has 0 fully saturated rings. The number of azo groups is 2. The molecule has 4 rings (SSSR count). The number of phenols is 1. The predicted octanol–water partition coefficient (Wildman–Crippen LogP) is -1.53. The zero-order valence-electron chi connectivity index (χ0n) is 20.9. The van der Waals surface area contributed by atoms with Crippen molar-refractivity contribution in [1.29, 1.82) is 0 Å². The van der Waals surface area contributed by atoms with Crippen LogP contribution in [-0.2, 0) is 19.5 Å². The molecule has 0 radical (unpaired) electrons. The van der Waals surface area contributed by atoms with Crippen molar-refractivity contribution in [3.63, 3.8) is 0 Å². The first-order valence-electron chi connectivity index (χ1n) is 9.89. The molecule has 200 valence electrons. The van der Waals surface area contributed by atoms with E-state index < -0.39 is 32.1 Å². The molecule has 5 N–H and O–H groups in total. The van der Waals surface area contributed by atoms with E-state index >= 15 is 0 Å². The molecule has 0 saturated heterocycles. The first kappa shape index (κ1) is 34.8. The summed E-state index contributed by atoms with van der Waals surface area (Å²) in [6, 6.07) is 2.11. The fraction of sp³-hybridized carbons (Fsp3) is 0.111. The average Bonchev–Trinajstić information content (AvgIpc) is 3.35. The number of nitrogens with one attached hydrogen (secondary N) is 2. The zero-order chi connectivity index (χ0) is 27.8. The molecule has 0 unspecified atom stereocenters. The van der Waals surface area contributed by atoms with Gasteiger partial charge in [0, 0.05) is 0 Å². The Bertz CT molecular complexity index is 1730. The molecular formula is C18H13Cl2N9Na2O7S2. The van der Waals surface area contributed by atoms with Gasteiger partial charge in [-0.15, -0.1) is 20.5 Å². The van der Waals surface area contributed by atoms with Gasteiger partial charge in [-0.05, 0) is 31.4 Å². The van der Waals surface area contributed by atoms with Crippen LogP contribution in [0, 0.1) is 13.8 Å². The van der Waals surface area contributed by atoms with Crippen LogP contribution >= 0.6 is 35.2 Å². The van der Waals surface area contributed by atoms with Crippen molar-refractivity contribution in [3.8, 4) is 5.75 Å². The quantitative estimate of drug-likeness (QED) is 0.0324. The van der Waals surface area contributed by atoms with Gasteiger partial charge >= 0.3 is 59.1 Å². The Labute approximate surface area is 283 Å². The van der Waals surface area contributed by atoms with Crippen LogP contribution in [0.5, 0.6) is 5.75 Å². The van der Waals surface area contributed by atoms with Crippen LogP contribution in [0.4, 0.5) is 28.7 Å². The van der Waals surface area contributed by atoms with Crippen LogP contribution in [0.1, 0.15) is 11.4 Å². The Balaban J connectivity index is 0.00000280. The minimum atomic E-state index is -5.17. The number of aryl methyl sites for hydroxylation is 2. The largest absolute Gasteiger partial charge is 1.00 e. The third kappa shape index (κ3) is 7.16. The summed E-state index contributed by atoms with van der Waals surface area (Å²) in [4.78, 5) is -0.945. The molecule has 22 heteroatoms. The van der Waals surface area contributed by atoms with Crippen LogP contribution in [0.25, 0.3) is 10.8 Å². The first-order chi connectivity index (χ1) is 17.9. The van der Waals surface area contributed by atoms with Crippen molar-refractivity contribution in [3.05, 3.63) is 33.6 Å². The van der Waals surface area contributed by atoms with E-state index in [1.807, 2.05) is 0 Å². The summed E-state index contributed by atoms with van der Waals surface area (Å²) < 4.78 is 40.5. The van der Waals surface area contributed by atoms with Gasteiger partial charge in [0.2, 0.25) is 11.6 Å². The number of hydrogen-bond acceptors (Lipinski definition) is 15. The number of nitrogens with two attached hydrogens (primary N) is 1. The van der Waals surface area contributed by atoms with Gasteiger partial charge in [0.15, 0.2) is 5.75 Å². The SMILES string of the molecule is Cc1[nH]nc(N=Nc2c(S(=O)(=O)[O-])cc3cc(SOO[O-])c(N=Nc4n[nH]c(C)c4Cl)c(O)c3c2N)c1Cl.[Na+].[Na+]. The molecule has 0 aliphatic rings. The van der Waals surface area contributed by atoms with Crippen LogP contribution in [0.2, 0.25) is 10.0 Å². The van der Waals surface area contributed by atoms with E-state index in [1.54, 1.807) is 13.8 Å². The van der Waals surface area contributed by atoms with Crippen molar-refractivity contribution in [2.24, 2.45) is 20.5 Å². The van der Waals surface area contributed by atoms with Gasteiger partial charge in [-0.1, -0.05) is 23.2 Å². The van der Waals surface area contributed by atoms with Crippen molar-refractivity contribution >= 4 is 84.8 Å². The number of aromatic amines is 2. The van der Waals surface area contributed by atoms with Crippen molar-refractivity contribution < 1.29 is 91.8 Å². The smallest absolute Gasteiger partial charge is 0.744 e. The maximum Gasteiger partial charge on any atom is 1.00 e. The molecular weight excluding hydrogens is 635 g/mol. The molecule has 0 atom stereocenters. The number of phenolic OH excluding ortho intramolecular Hbond substituents is 1. The summed E-state index contributed by atoms with van der Waals surface area (Å²) in [5.41, 5.74) is 5.79. The molecule has 2 aromatic heterocycles. The molecule has 0 aliphatic carbocycles. The van der Waals surface area contributed by atoms with E-state index in [1.165, 1.54) is 6.07 Å². The summed E-state index contributed by atoms with van der Waals surface area (Å²) in [7, 11) is -5.17. The number of aromatic nitrogens is 4. The molecule has 0 aliphatic heterocycles. The molecule has 40 heavy (non-hydrogen) atoms. The second-order valence-electron chi connectivity index (χ2n) is 7.35. The van der Waals surface area contributed by atoms with Gasteiger partial charge in [0.1, 0.15) is 31.5 Å². The normalized spacial score (nSPS) is 11.8. The standard InChI is InChI=1S/C18H15Cl2N9O7S2.2Na/c1-5-11(19)17(26-22-5)28-24-14-8(37-36-35-31)3-7-4-9(38(32,33)34)15(13(21)10(7)16(14)30)25-29-18-12(20)6(2)23-27-18;;/h3-4,30-31H,21H2,1-2H3,(H,22,26)(H,23,27)(H,32,33,34);;/q;2*+1/p-2. The molecule has 2 aromatic carbocycles. The summed E-state index contributed by atoms with van der Waals surface area (Å²) in [6.07, 6.45) is 0. The van der Waals surface area contributed by atoms with Gasteiger partial charge in [-0.25, -0.2) is 8.42 Å². The number of halogens is 2. The summed E-state index contributed by atoms with van der Waals surface area (Å²) in [6.45, 7) is 3.24. The molecule has 4 aromatic rings. The van der Waals surface area contributed by atoms with Gasteiger partial charge in [-0.2, -0.15) is 14.5 Å². The van der Waals surface area contributed by atoms with E-state index in [0.29, 0.717) is 23.4 Å². The Kier molecular flexibility index (Phi) is 12.4. The van der Waals surface area contributed by atoms with E-state index in [2.05, 4.69) is 50.2 Å². The third-order valence-electron chi connectivity index (χ3n) is 4.93. The maximum atomic E-state index is 12.1. The van der Waals surface area contributed by atoms with Gasteiger partial charge in [-0.3, -0.25) is 15.2 Å². The topological polar surface area (TPSA) is 252 Å². The van der Waals surface area contributed by atoms with E-state index in [4.69, 9.17) is 28.9 Å². The number of nitrogen functional groups attached to an aromatic ring is 1. The number of fused-ring (bicyclic) bond motifs is 1. The Morgan fingerprint density at radius 1 is 1.00 bits per heavy atom. The second-order valence-corrected chi connectivity index (χ2v) is 10.2.